The van der Waals surface area contributed by atoms with E-state index in [2.05, 4.69) is 10.1 Å². The van der Waals surface area contributed by atoms with E-state index >= 15 is 0 Å². The van der Waals surface area contributed by atoms with Gasteiger partial charge in [-0.1, -0.05) is 28.9 Å². The lowest BCUT2D eigenvalue weighted by Crippen LogP contribution is -2.26. The fourth-order valence-corrected chi connectivity index (χ4v) is 2.89. The molecule has 0 aliphatic carbocycles. The van der Waals surface area contributed by atoms with Gasteiger partial charge in [-0.15, -0.1) is 0 Å². The number of fused-ring (bicyclic) bond motifs is 1. The van der Waals surface area contributed by atoms with Gasteiger partial charge in [0.15, 0.2) is 11.5 Å². The highest BCUT2D eigenvalue weighted by Gasteiger charge is 2.19. The van der Waals surface area contributed by atoms with Crippen LogP contribution in [0.1, 0.15) is 21.8 Å². The average molecular weight is 365 g/mol. The molecule has 0 spiro atoms. The highest BCUT2D eigenvalue weighted by atomic mass is 16.6. The van der Waals surface area contributed by atoms with Crippen molar-refractivity contribution in [1.82, 2.24) is 15.0 Å². The maximum absolute atomic E-state index is 12.7. The monoisotopic (exact) mass is 365 g/mol. The molecule has 3 aromatic rings. The topological polar surface area (TPSA) is 77.7 Å². The number of aryl methyl sites for hydroxylation is 1. The molecule has 0 unspecified atom stereocenters. The smallest absolute Gasteiger partial charge is 0.254 e. The molecule has 0 bridgehead atoms. The van der Waals surface area contributed by atoms with Crippen LogP contribution in [0, 0.1) is 6.92 Å². The molecule has 1 amide bonds. The minimum absolute atomic E-state index is 0.165. The Labute approximate surface area is 156 Å². The first-order valence-corrected chi connectivity index (χ1v) is 8.65. The molecule has 1 aliphatic heterocycles. The second-order valence-electron chi connectivity index (χ2n) is 6.40. The van der Waals surface area contributed by atoms with Gasteiger partial charge in [0, 0.05) is 18.2 Å². The van der Waals surface area contributed by atoms with Crippen LogP contribution in [0.25, 0.3) is 11.4 Å². The summed E-state index contributed by atoms with van der Waals surface area (Å²) in [6, 6.07) is 13.0. The number of hydrogen-bond donors (Lipinski definition) is 0. The van der Waals surface area contributed by atoms with Crippen molar-refractivity contribution in [3.63, 3.8) is 0 Å². The average Bonchev–Trinajstić information content (AvgIpc) is 3.15. The van der Waals surface area contributed by atoms with Gasteiger partial charge in [-0.25, -0.2) is 0 Å². The number of aromatic nitrogens is 2. The van der Waals surface area contributed by atoms with Crippen molar-refractivity contribution >= 4 is 5.91 Å². The van der Waals surface area contributed by atoms with Crippen LogP contribution < -0.4 is 9.47 Å². The molecule has 0 fully saturated rings. The Kier molecular flexibility index (Phi) is 4.50. The van der Waals surface area contributed by atoms with Crippen molar-refractivity contribution in [3.8, 4) is 22.9 Å². The summed E-state index contributed by atoms with van der Waals surface area (Å²) in [5.41, 5.74) is 2.51. The number of rotatable bonds is 4. The molecule has 7 heteroatoms. The zero-order valence-corrected chi connectivity index (χ0v) is 15.1. The van der Waals surface area contributed by atoms with Gasteiger partial charge in [-0.3, -0.25) is 4.79 Å². The molecule has 1 aromatic heterocycles. The molecule has 2 aromatic carbocycles. The second-order valence-corrected chi connectivity index (χ2v) is 6.40. The van der Waals surface area contributed by atoms with E-state index in [9.17, 15) is 4.79 Å². The van der Waals surface area contributed by atoms with Gasteiger partial charge in [0.1, 0.15) is 13.2 Å². The van der Waals surface area contributed by atoms with Crippen LogP contribution in [0.5, 0.6) is 11.5 Å². The van der Waals surface area contributed by atoms with Crippen molar-refractivity contribution in [3.05, 3.63) is 59.5 Å². The van der Waals surface area contributed by atoms with E-state index in [1.807, 2.05) is 31.2 Å². The summed E-state index contributed by atoms with van der Waals surface area (Å²) in [4.78, 5) is 18.6. The van der Waals surface area contributed by atoms with E-state index < -0.39 is 0 Å². The number of ether oxygens (including phenoxy) is 2. The molecule has 0 saturated heterocycles. The van der Waals surface area contributed by atoms with Crippen LogP contribution in [0.2, 0.25) is 0 Å². The fourth-order valence-electron chi connectivity index (χ4n) is 2.89. The van der Waals surface area contributed by atoms with E-state index in [-0.39, 0.29) is 12.5 Å². The van der Waals surface area contributed by atoms with Crippen LogP contribution in [-0.4, -0.2) is 41.2 Å². The Morgan fingerprint density at radius 3 is 2.74 bits per heavy atom. The number of carbonyl (C=O) groups is 1. The zero-order chi connectivity index (χ0) is 18.8. The van der Waals surface area contributed by atoms with Gasteiger partial charge in [0.05, 0.1) is 6.54 Å². The van der Waals surface area contributed by atoms with E-state index in [0.29, 0.717) is 42.0 Å². The lowest BCUT2D eigenvalue weighted by molar-refractivity contribution is 0.0768. The third-order valence-electron chi connectivity index (χ3n) is 4.25. The molecule has 0 saturated carbocycles. The van der Waals surface area contributed by atoms with Crippen molar-refractivity contribution in [2.75, 3.05) is 20.3 Å². The SMILES string of the molecule is Cc1cccc(-c2noc(CN(C)C(=O)c3ccc4c(c3)OCCO4)n2)c1. The largest absolute Gasteiger partial charge is 0.486 e. The Balaban J connectivity index is 1.47. The molecule has 138 valence electrons. The van der Waals surface area contributed by atoms with Crippen LogP contribution >= 0.6 is 0 Å². The Hall–Kier alpha value is -3.35. The summed E-state index contributed by atoms with van der Waals surface area (Å²) in [5, 5.41) is 4.01. The van der Waals surface area contributed by atoms with E-state index in [1.165, 1.54) is 4.90 Å². The van der Waals surface area contributed by atoms with Gasteiger partial charge in [0.25, 0.3) is 5.91 Å². The summed E-state index contributed by atoms with van der Waals surface area (Å²) in [5.74, 6) is 1.95. The Morgan fingerprint density at radius 2 is 1.93 bits per heavy atom. The third-order valence-corrected chi connectivity index (χ3v) is 4.25. The van der Waals surface area contributed by atoms with Gasteiger partial charge in [-0.05, 0) is 31.2 Å². The molecule has 0 radical (unpaired) electrons. The van der Waals surface area contributed by atoms with Crippen LogP contribution in [-0.2, 0) is 6.54 Å². The molecule has 27 heavy (non-hydrogen) atoms. The highest BCUT2D eigenvalue weighted by molar-refractivity contribution is 5.94. The second kappa shape index (κ2) is 7.11. The summed E-state index contributed by atoms with van der Waals surface area (Å²) in [6.45, 7) is 3.21. The molecule has 0 atom stereocenters. The first kappa shape index (κ1) is 17.1. The molecule has 0 N–H and O–H groups in total. The van der Waals surface area contributed by atoms with Gasteiger partial charge < -0.3 is 18.9 Å². The lowest BCUT2D eigenvalue weighted by atomic mass is 10.1. The first-order chi connectivity index (χ1) is 13.1. The molecule has 7 nitrogen and oxygen atoms in total. The third kappa shape index (κ3) is 3.62. The maximum atomic E-state index is 12.7. The molecular formula is C20H19N3O4. The Morgan fingerprint density at radius 1 is 1.11 bits per heavy atom. The van der Waals surface area contributed by atoms with Gasteiger partial charge in [-0.2, -0.15) is 4.98 Å². The van der Waals surface area contributed by atoms with E-state index in [0.717, 1.165) is 11.1 Å². The molecule has 4 rings (SSSR count). The lowest BCUT2D eigenvalue weighted by Gasteiger charge is -2.20. The van der Waals surface area contributed by atoms with E-state index in [4.69, 9.17) is 14.0 Å². The highest BCUT2D eigenvalue weighted by Crippen LogP contribution is 2.31. The molecule has 2 heterocycles. The summed E-state index contributed by atoms with van der Waals surface area (Å²) in [6.07, 6.45) is 0. The minimum Gasteiger partial charge on any atom is -0.486 e. The fraction of sp³-hybridized carbons (Fsp3) is 0.250. The molecule has 1 aliphatic rings. The number of hydrogen-bond acceptors (Lipinski definition) is 6. The number of amides is 1. The van der Waals surface area contributed by atoms with Crippen molar-refractivity contribution in [1.29, 1.82) is 0 Å². The van der Waals surface area contributed by atoms with Crippen molar-refractivity contribution in [2.24, 2.45) is 0 Å². The zero-order valence-electron chi connectivity index (χ0n) is 15.1. The Bertz CT molecular complexity index is 983. The van der Waals surface area contributed by atoms with Gasteiger partial charge in [0.2, 0.25) is 11.7 Å². The number of nitrogens with zero attached hydrogens (tertiary/aromatic N) is 3. The molecular weight excluding hydrogens is 346 g/mol. The van der Waals surface area contributed by atoms with Crippen LogP contribution in [0.15, 0.2) is 47.0 Å². The summed E-state index contributed by atoms with van der Waals surface area (Å²) < 4.78 is 16.3. The first-order valence-electron chi connectivity index (χ1n) is 8.65. The van der Waals surface area contributed by atoms with Crippen molar-refractivity contribution in [2.45, 2.75) is 13.5 Å². The normalized spacial score (nSPS) is 12.7. The maximum Gasteiger partial charge on any atom is 0.254 e. The predicted octanol–water partition coefficient (Wildman–Crippen LogP) is 3.09. The minimum atomic E-state index is -0.165. The van der Waals surface area contributed by atoms with Crippen molar-refractivity contribution < 1.29 is 18.8 Å². The van der Waals surface area contributed by atoms with Crippen LogP contribution in [0.3, 0.4) is 0 Å². The van der Waals surface area contributed by atoms with Crippen LogP contribution in [0.4, 0.5) is 0 Å². The summed E-state index contributed by atoms with van der Waals surface area (Å²) in [7, 11) is 1.69. The number of carbonyl (C=O) groups excluding carboxylic acids is 1. The summed E-state index contributed by atoms with van der Waals surface area (Å²) >= 11 is 0. The predicted molar refractivity (Wildman–Crippen MR) is 97.7 cm³/mol. The standard InChI is InChI=1S/C20H19N3O4/c1-13-4-3-5-14(10-13)19-21-18(27-22-19)12-23(2)20(24)15-6-7-16-17(11-15)26-9-8-25-16/h3-7,10-11H,8-9,12H2,1-2H3. The van der Waals surface area contributed by atoms with E-state index in [1.54, 1.807) is 25.2 Å². The number of benzene rings is 2. The van der Waals surface area contributed by atoms with Gasteiger partial charge >= 0.3 is 0 Å². The quantitative estimate of drug-likeness (QED) is 0.707.